The number of rotatable bonds is 4. The summed E-state index contributed by atoms with van der Waals surface area (Å²) in [7, 11) is 1.88. The molecule has 0 spiro atoms. The maximum atomic E-state index is 5.22. The lowest BCUT2D eigenvalue weighted by molar-refractivity contribution is 1.09. The van der Waals surface area contributed by atoms with Crippen molar-refractivity contribution in [3.8, 4) is 0 Å². The zero-order valence-electron chi connectivity index (χ0n) is 5.80. The molecule has 2 nitrogen and oxygen atoms in total. The fourth-order valence-corrected chi connectivity index (χ4v) is 0.457. The van der Waals surface area contributed by atoms with Gasteiger partial charge in [-0.2, -0.15) is 0 Å². The summed E-state index contributed by atoms with van der Waals surface area (Å²) in [6.45, 7) is 0.632. The fourth-order valence-electron chi connectivity index (χ4n) is 0.457. The predicted molar refractivity (Wildman–Crippen MR) is 41.0 cm³/mol. The Labute approximate surface area is 56.4 Å². The van der Waals surface area contributed by atoms with Crippen LogP contribution in [0.15, 0.2) is 24.4 Å². The molecule has 0 aromatic heterocycles. The van der Waals surface area contributed by atoms with Gasteiger partial charge >= 0.3 is 0 Å². The van der Waals surface area contributed by atoms with Gasteiger partial charge in [0.05, 0.1) is 0 Å². The molecule has 0 aromatic rings. The molecule has 0 amide bonds. The maximum Gasteiger partial charge on any atom is 0.0106 e. The molecule has 52 valence electrons. The average Bonchev–Trinajstić information content (AvgIpc) is 1.89. The Bertz CT molecular complexity index is 83.1. The minimum absolute atomic E-state index is 0.632. The van der Waals surface area contributed by atoms with Crippen LogP contribution in [0.4, 0.5) is 0 Å². The molecule has 0 saturated carbocycles. The molecule has 0 saturated heterocycles. The SMILES string of the molecule is CN/C=C\C/C=C\CN. The fraction of sp³-hybridized carbons (Fsp3) is 0.429. The van der Waals surface area contributed by atoms with Crippen LogP contribution in [-0.4, -0.2) is 13.6 Å². The van der Waals surface area contributed by atoms with Gasteiger partial charge in [-0.3, -0.25) is 0 Å². The van der Waals surface area contributed by atoms with Crippen LogP contribution in [0, 0.1) is 0 Å². The van der Waals surface area contributed by atoms with Crippen LogP contribution >= 0.6 is 0 Å². The van der Waals surface area contributed by atoms with Gasteiger partial charge in [0.25, 0.3) is 0 Å². The van der Waals surface area contributed by atoms with Gasteiger partial charge in [-0.05, 0) is 12.6 Å². The van der Waals surface area contributed by atoms with E-state index in [0.29, 0.717) is 6.54 Å². The molecule has 3 N–H and O–H groups in total. The van der Waals surface area contributed by atoms with Gasteiger partial charge in [0, 0.05) is 13.6 Å². The smallest absolute Gasteiger partial charge is 0.0106 e. The summed E-state index contributed by atoms with van der Waals surface area (Å²) in [5, 5.41) is 2.90. The minimum atomic E-state index is 0.632. The number of nitrogens with one attached hydrogen (secondary N) is 1. The molecule has 0 radical (unpaired) electrons. The van der Waals surface area contributed by atoms with E-state index in [2.05, 4.69) is 5.32 Å². The van der Waals surface area contributed by atoms with Gasteiger partial charge in [0.15, 0.2) is 0 Å². The second-order valence-corrected chi connectivity index (χ2v) is 1.63. The summed E-state index contributed by atoms with van der Waals surface area (Å²) in [6, 6.07) is 0. The number of hydrogen-bond donors (Lipinski definition) is 2. The lowest BCUT2D eigenvalue weighted by atomic mass is 10.4. The van der Waals surface area contributed by atoms with E-state index in [1.54, 1.807) is 0 Å². The van der Waals surface area contributed by atoms with Crippen molar-refractivity contribution >= 4 is 0 Å². The van der Waals surface area contributed by atoms with Gasteiger partial charge in [0.1, 0.15) is 0 Å². The zero-order chi connectivity index (χ0) is 6.95. The second-order valence-electron chi connectivity index (χ2n) is 1.63. The lowest BCUT2D eigenvalue weighted by Gasteiger charge is -1.83. The van der Waals surface area contributed by atoms with Crippen molar-refractivity contribution in [1.29, 1.82) is 0 Å². The van der Waals surface area contributed by atoms with Gasteiger partial charge in [-0.25, -0.2) is 0 Å². The largest absolute Gasteiger partial charge is 0.394 e. The Morgan fingerprint density at radius 1 is 1.33 bits per heavy atom. The van der Waals surface area contributed by atoms with Crippen LogP contribution in [0.2, 0.25) is 0 Å². The van der Waals surface area contributed by atoms with E-state index in [0.717, 1.165) is 6.42 Å². The summed E-state index contributed by atoms with van der Waals surface area (Å²) in [5.41, 5.74) is 5.22. The van der Waals surface area contributed by atoms with E-state index < -0.39 is 0 Å². The summed E-state index contributed by atoms with van der Waals surface area (Å²) < 4.78 is 0. The highest BCUT2D eigenvalue weighted by molar-refractivity contribution is 4.91. The Kier molecular flexibility index (Phi) is 6.63. The first kappa shape index (κ1) is 8.24. The number of hydrogen-bond acceptors (Lipinski definition) is 2. The molecule has 0 aliphatic heterocycles. The van der Waals surface area contributed by atoms with E-state index >= 15 is 0 Å². The van der Waals surface area contributed by atoms with Crippen LogP contribution in [0.1, 0.15) is 6.42 Å². The highest BCUT2D eigenvalue weighted by Crippen LogP contribution is 1.81. The topological polar surface area (TPSA) is 38.0 Å². The molecule has 0 fully saturated rings. The summed E-state index contributed by atoms with van der Waals surface area (Å²) in [4.78, 5) is 0. The quantitative estimate of drug-likeness (QED) is 0.542. The van der Waals surface area contributed by atoms with Crippen LogP contribution in [-0.2, 0) is 0 Å². The molecule has 2 heteroatoms. The Hall–Kier alpha value is -0.760. The standard InChI is InChI=1S/C7H14N2/c1-9-7-5-3-2-4-6-8/h2,4-5,7,9H,3,6,8H2,1H3/b4-2-,7-5-. The predicted octanol–water partition coefficient (Wildman–Crippen LogP) is 0.625. The second kappa shape index (κ2) is 7.24. The van der Waals surface area contributed by atoms with Crippen molar-refractivity contribution in [3.63, 3.8) is 0 Å². The first-order chi connectivity index (χ1) is 4.41. The Balaban J connectivity index is 3.08. The van der Waals surface area contributed by atoms with E-state index in [1.165, 1.54) is 0 Å². The minimum Gasteiger partial charge on any atom is -0.394 e. The Morgan fingerprint density at radius 3 is 2.67 bits per heavy atom. The van der Waals surface area contributed by atoms with Crippen molar-refractivity contribution in [2.75, 3.05) is 13.6 Å². The van der Waals surface area contributed by atoms with Crippen LogP contribution in [0.25, 0.3) is 0 Å². The van der Waals surface area contributed by atoms with E-state index in [4.69, 9.17) is 5.73 Å². The van der Waals surface area contributed by atoms with E-state index in [-0.39, 0.29) is 0 Å². The Morgan fingerprint density at radius 2 is 2.11 bits per heavy atom. The van der Waals surface area contributed by atoms with Gasteiger partial charge in [-0.15, -0.1) is 0 Å². The van der Waals surface area contributed by atoms with Crippen LogP contribution < -0.4 is 11.1 Å². The van der Waals surface area contributed by atoms with Crippen LogP contribution in [0.3, 0.4) is 0 Å². The van der Waals surface area contributed by atoms with Gasteiger partial charge in [0.2, 0.25) is 0 Å². The molecule has 9 heavy (non-hydrogen) atoms. The third-order valence-corrected chi connectivity index (χ3v) is 0.859. The first-order valence-corrected chi connectivity index (χ1v) is 3.09. The molecule has 0 bridgehead atoms. The normalized spacial score (nSPS) is 11.3. The maximum absolute atomic E-state index is 5.22. The monoisotopic (exact) mass is 126 g/mol. The van der Waals surface area contributed by atoms with Crippen molar-refractivity contribution < 1.29 is 0 Å². The summed E-state index contributed by atoms with van der Waals surface area (Å²) in [6.07, 6.45) is 8.87. The number of allylic oxidation sites excluding steroid dienone is 2. The molecule has 0 rings (SSSR count). The summed E-state index contributed by atoms with van der Waals surface area (Å²) >= 11 is 0. The average molecular weight is 126 g/mol. The summed E-state index contributed by atoms with van der Waals surface area (Å²) in [5.74, 6) is 0. The highest BCUT2D eigenvalue weighted by Gasteiger charge is 1.67. The molecule has 0 aliphatic rings. The zero-order valence-corrected chi connectivity index (χ0v) is 5.80. The molecule has 0 aromatic carbocycles. The van der Waals surface area contributed by atoms with E-state index in [1.807, 2.05) is 31.5 Å². The molecule has 0 aliphatic carbocycles. The third-order valence-electron chi connectivity index (χ3n) is 0.859. The van der Waals surface area contributed by atoms with Crippen molar-refractivity contribution in [2.45, 2.75) is 6.42 Å². The third kappa shape index (κ3) is 7.24. The first-order valence-electron chi connectivity index (χ1n) is 3.09. The van der Waals surface area contributed by atoms with Gasteiger partial charge < -0.3 is 11.1 Å². The molecule has 0 atom stereocenters. The van der Waals surface area contributed by atoms with E-state index in [9.17, 15) is 0 Å². The lowest BCUT2D eigenvalue weighted by Crippen LogP contribution is -1.92. The molecular formula is C7H14N2. The highest BCUT2D eigenvalue weighted by atomic mass is 14.8. The van der Waals surface area contributed by atoms with Crippen LogP contribution in [0.5, 0.6) is 0 Å². The van der Waals surface area contributed by atoms with Gasteiger partial charge in [-0.1, -0.05) is 18.2 Å². The van der Waals surface area contributed by atoms with Crippen molar-refractivity contribution in [3.05, 3.63) is 24.4 Å². The van der Waals surface area contributed by atoms with Crippen molar-refractivity contribution in [1.82, 2.24) is 5.32 Å². The molecule has 0 unspecified atom stereocenters. The number of nitrogens with two attached hydrogens (primary N) is 1. The molecular weight excluding hydrogens is 112 g/mol. The molecule has 0 heterocycles. The van der Waals surface area contributed by atoms with Crippen molar-refractivity contribution in [2.24, 2.45) is 5.73 Å².